The van der Waals surface area contributed by atoms with E-state index in [-0.39, 0.29) is 19.6 Å². The zero-order valence-corrected chi connectivity index (χ0v) is 8.26. The largest absolute Gasteiger partial charge is 0.411 e. The lowest BCUT2D eigenvalue weighted by Crippen LogP contribution is -2.38. The highest BCUT2D eigenvalue weighted by Crippen LogP contribution is 2.13. The smallest absolute Gasteiger partial charge is 0.371 e. The number of amides is 2. The topological polar surface area (TPSA) is 67.4 Å². The van der Waals surface area contributed by atoms with E-state index in [1.807, 2.05) is 0 Å². The molecule has 1 aliphatic heterocycles. The van der Waals surface area contributed by atoms with Crippen LogP contribution in [-0.2, 0) is 14.3 Å². The van der Waals surface area contributed by atoms with E-state index in [1.165, 1.54) is 0 Å². The van der Waals surface area contributed by atoms with Crippen LogP contribution in [0.25, 0.3) is 0 Å². The van der Waals surface area contributed by atoms with E-state index in [2.05, 4.69) is 15.4 Å². The number of carbonyl (C=O) groups is 2. The van der Waals surface area contributed by atoms with E-state index in [0.717, 1.165) is 0 Å². The summed E-state index contributed by atoms with van der Waals surface area (Å²) in [7, 11) is 0. The number of hydrogen-bond donors (Lipinski definition) is 2. The average molecular weight is 240 g/mol. The first-order valence-electron chi connectivity index (χ1n) is 4.60. The molecule has 0 aliphatic carbocycles. The van der Waals surface area contributed by atoms with Crippen LogP contribution in [0.4, 0.5) is 13.2 Å². The maximum Gasteiger partial charge on any atom is 0.411 e. The molecule has 0 radical (unpaired) electrons. The molecule has 1 fully saturated rings. The second-order valence-electron chi connectivity index (χ2n) is 3.29. The van der Waals surface area contributed by atoms with Gasteiger partial charge < -0.3 is 10.1 Å². The first kappa shape index (κ1) is 12.9. The third-order valence-corrected chi connectivity index (χ3v) is 1.87. The fraction of sp³-hybridized carbons (Fsp3) is 0.750. The maximum atomic E-state index is 11.6. The van der Waals surface area contributed by atoms with Gasteiger partial charge in [-0.3, -0.25) is 14.9 Å². The van der Waals surface area contributed by atoms with E-state index in [1.54, 1.807) is 0 Å². The molecule has 1 rings (SSSR count). The monoisotopic (exact) mass is 240 g/mol. The Morgan fingerprint density at radius 1 is 1.44 bits per heavy atom. The third kappa shape index (κ3) is 4.58. The van der Waals surface area contributed by atoms with E-state index in [0.29, 0.717) is 0 Å². The minimum atomic E-state index is -4.35. The van der Waals surface area contributed by atoms with Crippen molar-refractivity contribution in [1.29, 1.82) is 0 Å². The van der Waals surface area contributed by atoms with E-state index >= 15 is 0 Å². The van der Waals surface area contributed by atoms with E-state index in [9.17, 15) is 22.8 Å². The molecule has 1 atom stereocenters. The van der Waals surface area contributed by atoms with Gasteiger partial charge in [0.2, 0.25) is 11.8 Å². The van der Waals surface area contributed by atoms with Crippen LogP contribution in [0.5, 0.6) is 0 Å². The van der Waals surface area contributed by atoms with Gasteiger partial charge in [-0.25, -0.2) is 0 Å². The molecule has 0 aromatic rings. The normalized spacial score (nSPS) is 21.3. The number of halogens is 3. The van der Waals surface area contributed by atoms with Crippen molar-refractivity contribution in [2.45, 2.75) is 18.6 Å². The molecule has 0 bridgehead atoms. The highest BCUT2D eigenvalue weighted by molar-refractivity contribution is 6.05. The van der Waals surface area contributed by atoms with Crippen LogP contribution < -0.4 is 10.6 Å². The van der Waals surface area contributed by atoms with Gasteiger partial charge in [0.05, 0.1) is 19.1 Å². The maximum absolute atomic E-state index is 11.6. The Labute approximate surface area is 89.3 Å². The lowest BCUT2D eigenvalue weighted by molar-refractivity contribution is -0.173. The summed E-state index contributed by atoms with van der Waals surface area (Å²) in [6, 6.07) is -0.665. The summed E-state index contributed by atoms with van der Waals surface area (Å²) in [5.74, 6) is -0.848. The van der Waals surface area contributed by atoms with Crippen LogP contribution in [-0.4, -0.2) is 43.8 Å². The molecular weight excluding hydrogens is 229 g/mol. The number of nitrogens with one attached hydrogen (secondary N) is 2. The first-order valence-corrected chi connectivity index (χ1v) is 4.60. The number of imide groups is 1. The average Bonchev–Trinajstić information content (AvgIpc) is 2.42. The molecule has 0 spiro atoms. The van der Waals surface area contributed by atoms with E-state index in [4.69, 9.17) is 0 Å². The van der Waals surface area contributed by atoms with Gasteiger partial charge in [0.25, 0.3) is 0 Å². The van der Waals surface area contributed by atoms with Crippen LogP contribution in [0.1, 0.15) is 6.42 Å². The highest BCUT2D eigenvalue weighted by atomic mass is 19.4. The van der Waals surface area contributed by atoms with Crippen LogP contribution in [0.2, 0.25) is 0 Å². The van der Waals surface area contributed by atoms with Crippen LogP contribution in [0, 0.1) is 0 Å². The summed E-state index contributed by atoms with van der Waals surface area (Å²) in [6.45, 7) is -1.40. The molecule has 0 saturated carbocycles. The Morgan fingerprint density at radius 2 is 2.12 bits per heavy atom. The van der Waals surface area contributed by atoms with Gasteiger partial charge in [0.15, 0.2) is 0 Å². The standard InChI is InChI=1S/C8H11F3N2O3/c9-8(10,11)4-16-2-1-12-5-3-6(14)13-7(5)15/h5,12H,1-4H2,(H,13,14,15). The second-order valence-corrected chi connectivity index (χ2v) is 3.29. The summed E-state index contributed by atoms with van der Waals surface area (Å²) in [6.07, 6.45) is -4.33. The molecule has 1 unspecified atom stereocenters. The van der Waals surface area contributed by atoms with Crippen LogP contribution >= 0.6 is 0 Å². The van der Waals surface area contributed by atoms with Crippen molar-refractivity contribution in [3.63, 3.8) is 0 Å². The molecule has 5 nitrogen and oxygen atoms in total. The van der Waals surface area contributed by atoms with E-state index < -0.39 is 30.6 Å². The van der Waals surface area contributed by atoms with Crippen LogP contribution in [0.15, 0.2) is 0 Å². The van der Waals surface area contributed by atoms with Gasteiger partial charge in [0, 0.05) is 6.54 Å². The molecule has 1 heterocycles. The lowest BCUT2D eigenvalue weighted by atomic mass is 10.2. The molecule has 92 valence electrons. The molecule has 16 heavy (non-hydrogen) atoms. The molecule has 0 aromatic heterocycles. The predicted octanol–water partition coefficient (Wildman–Crippen LogP) is -0.430. The minimum Gasteiger partial charge on any atom is -0.371 e. The van der Waals surface area contributed by atoms with Crippen molar-refractivity contribution in [3.05, 3.63) is 0 Å². The summed E-state index contributed by atoms with van der Waals surface area (Å²) in [4.78, 5) is 21.7. The Kier molecular flexibility index (Phi) is 4.25. The van der Waals surface area contributed by atoms with Crippen molar-refractivity contribution in [2.75, 3.05) is 19.8 Å². The lowest BCUT2D eigenvalue weighted by Gasteiger charge is -2.10. The number of alkyl halides is 3. The Balaban J connectivity index is 2.08. The minimum absolute atomic E-state index is 0.0120. The number of hydrogen-bond acceptors (Lipinski definition) is 4. The Hall–Kier alpha value is -1.15. The summed E-state index contributed by atoms with van der Waals surface area (Å²) in [5, 5.41) is 4.69. The Bertz CT molecular complexity index is 280. The molecule has 1 aliphatic rings. The van der Waals surface area contributed by atoms with Gasteiger partial charge >= 0.3 is 6.18 Å². The molecule has 0 aromatic carbocycles. The van der Waals surface area contributed by atoms with Gasteiger partial charge in [-0.1, -0.05) is 0 Å². The quantitative estimate of drug-likeness (QED) is 0.505. The predicted molar refractivity (Wildman–Crippen MR) is 46.4 cm³/mol. The number of carbonyl (C=O) groups excluding carboxylic acids is 2. The first-order chi connectivity index (χ1) is 7.38. The van der Waals surface area contributed by atoms with Crippen molar-refractivity contribution in [1.82, 2.24) is 10.6 Å². The fourth-order valence-electron chi connectivity index (χ4n) is 1.21. The Morgan fingerprint density at radius 3 is 2.62 bits per heavy atom. The van der Waals surface area contributed by atoms with Gasteiger partial charge in [0.1, 0.15) is 6.61 Å². The highest BCUT2D eigenvalue weighted by Gasteiger charge is 2.30. The molecule has 8 heteroatoms. The van der Waals surface area contributed by atoms with Crippen molar-refractivity contribution >= 4 is 11.8 Å². The molecule has 2 amide bonds. The molecule has 2 N–H and O–H groups in total. The summed E-state index contributed by atoms with van der Waals surface area (Å²) < 4.78 is 39.2. The molecule has 1 saturated heterocycles. The summed E-state index contributed by atoms with van der Waals surface area (Å²) in [5.41, 5.74) is 0. The zero-order valence-electron chi connectivity index (χ0n) is 8.26. The van der Waals surface area contributed by atoms with Crippen molar-refractivity contribution in [2.24, 2.45) is 0 Å². The SMILES string of the molecule is O=C1CC(NCCOCC(F)(F)F)C(=O)N1. The zero-order chi connectivity index (χ0) is 12.2. The summed E-state index contributed by atoms with van der Waals surface area (Å²) >= 11 is 0. The van der Waals surface area contributed by atoms with Crippen molar-refractivity contribution in [3.8, 4) is 0 Å². The van der Waals surface area contributed by atoms with Gasteiger partial charge in [-0.2, -0.15) is 13.2 Å². The fourth-order valence-corrected chi connectivity index (χ4v) is 1.21. The number of rotatable bonds is 5. The van der Waals surface area contributed by atoms with Gasteiger partial charge in [-0.15, -0.1) is 0 Å². The number of ether oxygens (including phenoxy) is 1. The third-order valence-electron chi connectivity index (χ3n) is 1.87. The van der Waals surface area contributed by atoms with Gasteiger partial charge in [-0.05, 0) is 0 Å². The molecular formula is C8H11F3N2O3. The second kappa shape index (κ2) is 5.26. The van der Waals surface area contributed by atoms with Crippen molar-refractivity contribution < 1.29 is 27.5 Å². The van der Waals surface area contributed by atoms with Crippen LogP contribution in [0.3, 0.4) is 0 Å².